The highest BCUT2D eigenvalue weighted by Crippen LogP contribution is 2.18. The second kappa shape index (κ2) is 8.50. The standard InChI is InChI=1S/C6H4N2O4.C4H9NO3/c9-7(10)5-2-1-3-6(4-5)8(11)12;1-3(2-6)4(7)8-5/h1-4H;3,6H,2,5H2,1H3. The quantitative estimate of drug-likeness (QED) is 0.599. The number of hydrogen-bond donors (Lipinski definition) is 2. The van der Waals surface area contributed by atoms with Crippen molar-refractivity contribution in [2.45, 2.75) is 6.92 Å². The summed E-state index contributed by atoms with van der Waals surface area (Å²) < 4.78 is 0. The fourth-order valence-electron chi connectivity index (χ4n) is 0.911. The number of carbonyl (C=O) groups is 1. The van der Waals surface area contributed by atoms with Crippen LogP contribution in [0.4, 0.5) is 11.4 Å². The molecule has 1 atom stereocenters. The van der Waals surface area contributed by atoms with E-state index in [-0.39, 0.29) is 18.0 Å². The molecular formula is C10H13N3O7. The number of hydrogen-bond acceptors (Lipinski definition) is 8. The lowest BCUT2D eigenvalue weighted by molar-refractivity contribution is -0.394. The van der Waals surface area contributed by atoms with Gasteiger partial charge in [-0.25, -0.2) is 4.79 Å². The third-order valence-electron chi connectivity index (χ3n) is 2.04. The number of benzene rings is 1. The molecule has 20 heavy (non-hydrogen) atoms. The van der Waals surface area contributed by atoms with Crippen molar-refractivity contribution in [1.82, 2.24) is 0 Å². The zero-order valence-corrected chi connectivity index (χ0v) is 10.5. The average molecular weight is 287 g/mol. The van der Waals surface area contributed by atoms with Crippen LogP contribution in [0.5, 0.6) is 0 Å². The second-order valence-corrected chi connectivity index (χ2v) is 3.55. The Kier molecular flexibility index (Phi) is 7.40. The smallest absolute Gasteiger partial charge is 0.329 e. The maximum atomic E-state index is 10.2. The molecule has 1 rings (SSSR count). The number of aliphatic hydroxyl groups is 1. The molecule has 0 amide bonds. The minimum Gasteiger partial charge on any atom is -0.395 e. The van der Waals surface area contributed by atoms with E-state index in [1.165, 1.54) is 25.1 Å². The molecule has 0 aliphatic heterocycles. The Hall–Kier alpha value is -2.59. The number of carbonyl (C=O) groups excluding carboxylic acids is 1. The van der Waals surface area contributed by atoms with Gasteiger partial charge in [0.1, 0.15) is 0 Å². The van der Waals surface area contributed by atoms with Gasteiger partial charge >= 0.3 is 5.97 Å². The zero-order valence-electron chi connectivity index (χ0n) is 10.5. The number of nitrogens with zero attached hydrogens (tertiary/aromatic N) is 2. The van der Waals surface area contributed by atoms with Crippen molar-refractivity contribution in [3.63, 3.8) is 0 Å². The lowest BCUT2D eigenvalue weighted by atomic mass is 10.2. The third-order valence-corrected chi connectivity index (χ3v) is 2.04. The highest BCUT2D eigenvalue weighted by molar-refractivity contribution is 5.71. The summed E-state index contributed by atoms with van der Waals surface area (Å²) >= 11 is 0. The maximum absolute atomic E-state index is 10.2. The van der Waals surface area contributed by atoms with Crippen LogP contribution < -0.4 is 5.90 Å². The van der Waals surface area contributed by atoms with Crippen molar-refractivity contribution in [2.75, 3.05) is 6.61 Å². The SMILES string of the molecule is CC(CO)C(=O)ON.O=[N+]([O-])c1cccc([N+](=O)[O-])c1. The van der Waals surface area contributed by atoms with E-state index >= 15 is 0 Å². The third kappa shape index (κ3) is 5.84. The number of aliphatic hydroxyl groups excluding tert-OH is 1. The molecule has 0 heterocycles. The molecule has 0 bridgehead atoms. The fraction of sp³-hybridized carbons (Fsp3) is 0.300. The van der Waals surface area contributed by atoms with Gasteiger partial charge in [0.2, 0.25) is 0 Å². The first-order chi connectivity index (χ1) is 9.33. The number of nitro groups is 2. The molecule has 10 nitrogen and oxygen atoms in total. The van der Waals surface area contributed by atoms with Crippen LogP contribution in [0.25, 0.3) is 0 Å². The average Bonchev–Trinajstić information content (AvgIpc) is 2.46. The van der Waals surface area contributed by atoms with E-state index in [0.29, 0.717) is 0 Å². The summed E-state index contributed by atoms with van der Waals surface area (Å²) in [6, 6.07) is 4.59. The van der Waals surface area contributed by atoms with Crippen molar-refractivity contribution in [1.29, 1.82) is 0 Å². The van der Waals surface area contributed by atoms with Crippen LogP contribution in [0.2, 0.25) is 0 Å². The maximum Gasteiger partial charge on any atom is 0.329 e. The largest absolute Gasteiger partial charge is 0.395 e. The predicted molar refractivity (Wildman–Crippen MR) is 66.3 cm³/mol. The fourth-order valence-corrected chi connectivity index (χ4v) is 0.911. The van der Waals surface area contributed by atoms with Crippen LogP contribution in [0.1, 0.15) is 6.92 Å². The molecule has 3 N–H and O–H groups in total. The molecule has 1 aromatic carbocycles. The van der Waals surface area contributed by atoms with Crippen molar-refractivity contribution in [3.8, 4) is 0 Å². The van der Waals surface area contributed by atoms with E-state index < -0.39 is 21.7 Å². The van der Waals surface area contributed by atoms with Crippen molar-refractivity contribution in [2.24, 2.45) is 11.8 Å². The number of nitrogens with two attached hydrogens (primary N) is 1. The number of nitro benzene ring substituents is 2. The van der Waals surface area contributed by atoms with Crippen molar-refractivity contribution >= 4 is 17.3 Å². The molecule has 110 valence electrons. The summed E-state index contributed by atoms with van der Waals surface area (Å²) in [4.78, 5) is 33.0. The first-order valence-corrected chi connectivity index (χ1v) is 5.23. The Morgan fingerprint density at radius 1 is 1.35 bits per heavy atom. The lowest BCUT2D eigenvalue weighted by Crippen LogP contribution is -2.20. The van der Waals surface area contributed by atoms with E-state index in [1.807, 2.05) is 0 Å². The zero-order chi connectivity index (χ0) is 15.7. The minimum atomic E-state index is -0.674. The van der Waals surface area contributed by atoms with Crippen LogP contribution in [0, 0.1) is 26.1 Å². The molecule has 0 fully saturated rings. The van der Waals surface area contributed by atoms with Gasteiger partial charge in [-0.05, 0) is 13.0 Å². The van der Waals surface area contributed by atoms with Gasteiger partial charge in [0.15, 0.2) is 0 Å². The Morgan fingerprint density at radius 3 is 2.05 bits per heavy atom. The molecule has 0 aliphatic rings. The summed E-state index contributed by atoms with van der Waals surface area (Å²) in [6.07, 6.45) is 0. The molecule has 0 spiro atoms. The van der Waals surface area contributed by atoms with Crippen LogP contribution in [-0.4, -0.2) is 27.5 Å². The highest BCUT2D eigenvalue weighted by Gasteiger charge is 2.11. The van der Waals surface area contributed by atoms with Gasteiger partial charge in [-0.2, -0.15) is 5.90 Å². The van der Waals surface area contributed by atoms with E-state index in [0.717, 1.165) is 6.07 Å². The summed E-state index contributed by atoms with van der Waals surface area (Å²) in [5.74, 6) is 3.38. The van der Waals surface area contributed by atoms with Crippen LogP contribution >= 0.6 is 0 Å². The first-order valence-electron chi connectivity index (χ1n) is 5.23. The van der Waals surface area contributed by atoms with Gasteiger partial charge in [0.25, 0.3) is 11.4 Å². The van der Waals surface area contributed by atoms with Gasteiger partial charge in [-0.1, -0.05) is 0 Å². The first kappa shape index (κ1) is 17.4. The van der Waals surface area contributed by atoms with Crippen LogP contribution in [-0.2, 0) is 9.63 Å². The van der Waals surface area contributed by atoms with E-state index in [4.69, 9.17) is 5.11 Å². The summed E-state index contributed by atoms with van der Waals surface area (Å²) in [7, 11) is 0. The van der Waals surface area contributed by atoms with E-state index in [1.54, 1.807) is 0 Å². The Morgan fingerprint density at radius 2 is 1.80 bits per heavy atom. The summed E-state index contributed by atoms with van der Waals surface area (Å²) in [6.45, 7) is 1.30. The Labute approximate surface area is 113 Å². The molecule has 0 aliphatic carbocycles. The highest BCUT2D eigenvalue weighted by atomic mass is 16.7. The topological polar surface area (TPSA) is 159 Å². The minimum absolute atomic E-state index is 0.226. The van der Waals surface area contributed by atoms with Crippen LogP contribution in [0.3, 0.4) is 0 Å². The van der Waals surface area contributed by atoms with Gasteiger partial charge < -0.3 is 9.94 Å². The normalized spacial score (nSPS) is 10.8. The summed E-state index contributed by atoms with van der Waals surface area (Å²) in [5, 5.41) is 28.6. The Balaban J connectivity index is 0.000000396. The molecule has 0 saturated carbocycles. The number of non-ortho nitro benzene ring substituents is 2. The Bertz CT molecular complexity index is 462. The molecule has 0 saturated heterocycles. The molecular weight excluding hydrogens is 274 g/mol. The van der Waals surface area contributed by atoms with Crippen molar-refractivity contribution < 1.29 is 24.6 Å². The van der Waals surface area contributed by atoms with Gasteiger partial charge in [0.05, 0.1) is 28.4 Å². The molecule has 1 unspecified atom stereocenters. The monoisotopic (exact) mass is 287 g/mol. The van der Waals surface area contributed by atoms with Gasteiger partial charge in [0, 0.05) is 12.1 Å². The van der Waals surface area contributed by atoms with Crippen molar-refractivity contribution in [3.05, 3.63) is 44.5 Å². The van der Waals surface area contributed by atoms with Gasteiger partial charge in [-0.3, -0.25) is 20.2 Å². The van der Waals surface area contributed by atoms with Crippen LogP contribution in [0.15, 0.2) is 24.3 Å². The molecule has 10 heteroatoms. The van der Waals surface area contributed by atoms with Gasteiger partial charge in [-0.15, -0.1) is 0 Å². The molecule has 0 aromatic heterocycles. The number of rotatable bonds is 4. The lowest BCUT2D eigenvalue weighted by Gasteiger charge is -2.01. The van der Waals surface area contributed by atoms with E-state index in [9.17, 15) is 25.0 Å². The molecule has 1 aromatic rings. The molecule has 0 radical (unpaired) electrons. The summed E-state index contributed by atoms with van der Waals surface area (Å²) in [5.41, 5.74) is -0.548. The van der Waals surface area contributed by atoms with E-state index in [2.05, 4.69) is 10.7 Å². The second-order valence-electron chi connectivity index (χ2n) is 3.55. The predicted octanol–water partition coefficient (Wildman–Crippen LogP) is 0.535.